The number of hydrogen-bond donors (Lipinski definition) is 1. The number of thiophene rings is 1. The van der Waals surface area contributed by atoms with E-state index in [-0.39, 0.29) is 11.5 Å². The summed E-state index contributed by atoms with van der Waals surface area (Å²) in [7, 11) is 0. The van der Waals surface area contributed by atoms with Crippen LogP contribution in [0, 0.1) is 0 Å². The molecule has 1 aromatic carbocycles. The second-order valence-corrected chi connectivity index (χ2v) is 4.67. The van der Waals surface area contributed by atoms with Crippen LogP contribution in [0.1, 0.15) is 21.5 Å². The van der Waals surface area contributed by atoms with Gasteiger partial charge in [0.2, 0.25) is 0 Å². The highest BCUT2D eigenvalue weighted by molar-refractivity contribution is 7.07. The minimum atomic E-state index is -4.38. The van der Waals surface area contributed by atoms with E-state index in [1.165, 1.54) is 23.5 Å². The van der Waals surface area contributed by atoms with Gasteiger partial charge in [-0.15, -0.1) is 0 Å². The van der Waals surface area contributed by atoms with Crippen molar-refractivity contribution in [2.75, 3.05) is 0 Å². The van der Waals surface area contributed by atoms with Crippen molar-refractivity contribution < 1.29 is 18.0 Å². The number of benzene rings is 1. The molecule has 0 bridgehead atoms. The lowest BCUT2D eigenvalue weighted by atomic mass is 10.1. The van der Waals surface area contributed by atoms with E-state index in [1.54, 1.807) is 0 Å². The van der Waals surface area contributed by atoms with E-state index in [2.05, 4.69) is 5.32 Å². The van der Waals surface area contributed by atoms with Gasteiger partial charge in [-0.05, 0) is 46.7 Å². The Morgan fingerprint density at radius 3 is 2.37 bits per heavy atom. The molecule has 0 radical (unpaired) electrons. The Hall–Kier alpha value is -1.82. The molecule has 0 spiro atoms. The van der Waals surface area contributed by atoms with Crippen molar-refractivity contribution in [3.63, 3.8) is 0 Å². The molecule has 0 aliphatic rings. The van der Waals surface area contributed by atoms with Crippen LogP contribution in [0.5, 0.6) is 0 Å². The van der Waals surface area contributed by atoms with Crippen LogP contribution in [0.15, 0.2) is 41.1 Å². The molecule has 1 heterocycles. The van der Waals surface area contributed by atoms with Crippen molar-refractivity contribution in [3.05, 3.63) is 57.8 Å². The van der Waals surface area contributed by atoms with E-state index < -0.39 is 11.7 Å². The first-order valence-electron chi connectivity index (χ1n) is 5.43. The fourth-order valence-electron chi connectivity index (χ4n) is 1.49. The van der Waals surface area contributed by atoms with Crippen LogP contribution >= 0.6 is 11.3 Å². The maximum Gasteiger partial charge on any atom is 0.416 e. The molecule has 1 N–H and O–H groups in total. The van der Waals surface area contributed by atoms with Gasteiger partial charge in [0.05, 0.1) is 5.56 Å². The Morgan fingerprint density at radius 1 is 1.16 bits per heavy atom. The molecule has 0 aliphatic carbocycles. The van der Waals surface area contributed by atoms with Gasteiger partial charge in [0.25, 0.3) is 5.91 Å². The maximum atomic E-state index is 12.4. The molecule has 1 aromatic heterocycles. The lowest BCUT2D eigenvalue weighted by Crippen LogP contribution is -2.22. The first-order chi connectivity index (χ1) is 8.97. The quantitative estimate of drug-likeness (QED) is 0.915. The largest absolute Gasteiger partial charge is 0.416 e. The van der Waals surface area contributed by atoms with Crippen LogP contribution in [-0.4, -0.2) is 5.91 Å². The molecular weight excluding hydrogens is 275 g/mol. The predicted octanol–water partition coefficient (Wildman–Crippen LogP) is 3.70. The number of hydrogen-bond acceptors (Lipinski definition) is 2. The van der Waals surface area contributed by atoms with Gasteiger partial charge >= 0.3 is 6.18 Å². The molecule has 2 rings (SSSR count). The summed E-state index contributed by atoms with van der Waals surface area (Å²) >= 11 is 1.52. The van der Waals surface area contributed by atoms with E-state index in [9.17, 15) is 18.0 Å². The summed E-state index contributed by atoms with van der Waals surface area (Å²) in [6.45, 7) is 0.364. The molecule has 1 amide bonds. The molecule has 6 heteroatoms. The molecular formula is C13H10F3NOS. The lowest BCUT2D eigenvalue weighted by Gasteiger charge is -2.08. The lowest BCUT2D eigenvalue weighted by molar-refractivity contribution is -0.137. The zero-order valence-corrected chi connectivity index (χ0v) is 10.5. The number of alkyl halides is 3. The van der Waals surface area contributed by atoms with Crippen molar-refractivity contribution in [1.29, 1.82) is 0 Å². The van der Waals surface area contributed by atoms with Crippen LogP contribution in [0.25, 0.3) is 0 Å². The minimum absolute atomic E-state index is 0.211. The van der Waals surface area contributed by atoms with E-state index >= 15 is 0 Å². The molecule has 0 fully saturated rings. The number of carbonyl (C=O) groups excluding carboxylic acids is 1. The van der Waals surface area contributed by atoms with Crippen molar-refractivity contribution in [1.82, 2.24) is 5.32 Å². The normalized spacial score (nSPS) is 11.3. The Labute approximate surface area is 111 Å². The third kappa shape index (κ3) is 3.57. The van der Waals surface area contributed by atoms with Crippen molar-refractivity contribution in [2.45, 2.75) is 12.7 Å². The monoisotopic (exact) mass is 285 g/mol. The SMILES string of the molecule is O=C(NCc1ccsc1)c1ccc(C(F)(F)F)cc1. The minimum Gasteiger partial charge on any atom is -0.348 e. The Kier molecular flexibility index (Phi) is 3.90. The number of nitrogens with one attached hydrogen (secondary N) is 1. The fraction of sp³-hybridized carbons (Fsp3) is 0.154. The topological polar surface area (TPSA) is 29.1 Å². The molecule has 0 saturated carbocycles. The summed E-state index contributed by atoms with van der Waals surface area (Å²) in [4.78, 5) is 11.7. The smallest absolute Gasteiger partial charge is 0.348 e. The molecule has 100 valence electrons. The summed E-state index contributed by atoms with van der Waals surface area (Å²) < 4.78 is 37.1. The maximum absolute atomic E-state index is 12.4. The number of carbonyl (C=O) groups is 1. The molecule has 0 aliphatic heterocycles. The van der Waals surface area contributed by atoms with Crippen molar-refractivity contribution >= 4 is 17.2 Å². The van der Waals surface area contributed by atoms with Gasteiger partial charge in [-0.1, -0.05) is 0 Å². The van der Waals surface area contributed by atoms with Gasteiger partial charge in [-0.3, -0.25) is 4.79 Å². The zero-order valence-electron chi connectivity index (χ0n) is 9.70. The summed E-state index contributed by atoms with van der Waals surface area (Å²) in [6.07, 6.45) is -4.38. The van der Waals surface area contributed by atoms with E-state index in [1.807, 2.05) is 16.8 Å². The van der Waals surface area contributed by atoms with Gasteiger partial charge < -0.3 is 5.32 Å². The van der Waals surface area contributed by atoms with Gasteiger partial charge in [-0.25, -0.2) is 0 Å². The number of halogens is 3. The second kappa shape index (κ2) is 5.44. The standard InChI is InChI=1S/C13H10F3NOS/c14-13(15,16)11-3-1-10(2-4-11)12(18)17-7-9-5-6-19-8-9/h1-6,8H,7H2,(H,17,18). The highest BCUT2D eigenvalue weighted by atomic mass is 32.1. The zero-order chi connectivity index (χ0) is 13.9. The summed E-state index contributed by atoms with van der Waals surface area (Å²) in [6, 6.07) is 6.02. The van der Waals surface area contributed by atoms with Crippen LogP contribution in [0.3, 0.4) is 0 Å². The second-order valence-electron chi connectivity index (χ2n) is 3.89. The number of rotatable bonds is 3. The summed E-state index contributed by atoms with van der Waals surface area (Å²) in [5.41, 5.74) is 0.412. The molecule has 0 atom stereocenters. The highest BCUT2D eigenvalue weighted by Crippen LogP contribution is 2.29. The van der Waals surface area contributed by atoms with E-state index in [0.717, 1.165) is 17.7 Å². The van der Waals surface area contributed by atoms with Crippen LogP contribution < -0.4 is 5.32 Å². The molecule has 0 unspecified atom stereocenters. The molecule has 2 aromatic rings. The first kappa shape index (κ1) is 13.6. The fourth-order valence-corrected chi connectivity index (χ4v) is 2.16. The van der Waals surface area contributed by atoms with Crippen LogP contribution in [0.4, 0.5) is 13.2 Å². The first-order valence-corrected chi connectivity index (χ1v) is 6.37. The summed E-state index contributed by atoms with van der Waals surface area (Å²) in [5.74, 6) is -0.389. The van der Waals surface area contributed by atoms with E-state index in [4.69, 9.17) is 0 Å². The van der Waals surface area contributed by atoms with Crippen molar-refractivity contribution in [3.8, 4) is 0 Å². The van der Waals surface area contributed by atoms with Crippen LogP contribution in [-0.2, 0) is 12.7 Å². The summed E-state index contributed by atoms with van der Waals surface area (Å²) in [5, 5.41) is 6.43. The molecule has 0 saturated heterocycles. The Morgan fingerprint density at radius 2 is 1.84 bits per heavy atom. The average molecular weight is 285 g/mol. The third-order valence-corrected chi connectivity index (χ3v) is 3.24. The van der Waals surface area contributed by atoms with E-state index in [0.29, 0.717) is 6.54 Å². The van der Waals surface area contributed by atoms with Gasteiger partial charge in [0.1, 0.15) is 0 Å². The van der Waals surface area contributed by atoms with Crippen molar-refractivity contribution in [2.24, 2.45) is 0 Å². The number of amides is 1. The van der Waals surface area contributed by atoms with Gasteiger partial charge in [0.15, 0.2) is 0 Å². The third-order valence-electron chi connectivity index (χ3n) is 2.51. The van der Waals surface area contributed by atoms with Gasteiger partial charge in [-0.2, -0.15) is 24.5 Å². The average Bonchev–Trinajstić information content (AvgIpc) is 2.88. The predicted molar refractivity (Wildman–Crippen MR) is 66.9 cm³/mol. The van der Waals surface area contributed by atoms with Crippen LogP contribution in [0.2, 0.25) is 0 Å². The highest BCUT2D eigenvalue weighted by Gasteiger charge is 2.30. The Bertz CT molecular complexity index is 546. The molecule has 19 heavy (non-hydrogen) atoms. The molecule has 2 nitrogen and oxygen atoms in total. The Balaban J connectivity index is 2.00. The van der Waals surface area contributed by atoms with Gasteiger partial charge in [0, 0.05) is 12.1 Å².